The van der Waals surface area contributed by atoms with Crippen molar-refractivity contribution in [2.45, 2.75) is 49.5 Å². The third kappa shape index (κ3) is 3.03. The van der Waals surface area contributed by atoms with E-state index in [1.165, 1.54) is 0 Å². The molecule has 0 amide bonds. The Bertz CT molecular complexity index is 527. The second-order valence-electron chi connectivity index (χ2n) is 5.85. The van der Waals surface area contributed by atoms with E-state index < -0.39 is 10.8 Å². The predicted octanol–water partition coefficient (Wildman–Crippen LogP) is 2.74. The standard InChI is InChI=1S/C16H21NO3S/c1-2-20-15-7-6-11(10-17-15)16(18)12-8-13-4-3-5-14(9-12)21(13)19/h6-7,10,12-14H,2-5,8-9H2,1H3. The molecule has 21 heavy (non-hydrogen) atoms. The van der Waals surface area contributed by atoms with Gasteiger partial charge < -0.3 is 4.74 Å². The van der Waals surface area contributed by atoms with Gasteiger partial charge in [0.15, 0.2) is 5.78 Å². The summed E-state index contributed by atoms with van der Waals surface area (Å²) >= 11 is 0. The minimum absolute atomic E-state index is 0.0118. The van der Waals surface area contributed by atoms with E-state index in [9.17, 15) is 9.00 Å². The molecule has 0 radical (unpaired) electrons. The molecule has 2 saturated heterocycles. The predicted molar refractivity (Wildman–Crippen MR) is 82.0 cm³/mol. The molecule has 1 aromatic rings. The number of carbonyl (C=O) groups excluding carboxylic acids is 1. The molecule has 2 fully saturated rings. The van der Waals surface area contributed by atoms with Crippen molar-refractivity contribution in [3.05, 3.63) is 23.9 Å². The fraction of sp³-hybridized carbons (Fsp3) is 0.625. The highest BCUT2D eigenvalue weighted by Gasteiger charge is 2.40. The molecule has 0 spiro atoms. The van der Waals surface area contributed by atoms with Crippen LogP contribution in [0.1, 0.15) is 49.4 Å². The van der Waals surface area contributed by atoms with Crippen molar-refractivity contribution in [2.24, 2.45) is 5.92 Å². The molecule has 2 atom stereocenters. The Balaban J connectivity index is 1.71. The Kier molecular flexibility index (Phi) is 4.38. The van der Waals surface area contributed by atoms with Gasteiger partial charge in [-0.05, 0) is 38.7 Å². The van der Waals surface area contributed by atoms with Crippen LogP contribution in [-0.4, -0.2) is 32.1 Å². The van der Waals surface area contributed by atoms with Crippen LogP contribution in [0.25, 0.3) is 0 Å². The van der Waals surface area contributed by atoms with Gasteiger partial charge >= 0.3 is 0 Å². The van der Waals surface area contributed by atoms with Crippen LogP contribution < -0.4 is 4.74 Å². The van der Waals surface area contributed by atoms with Crippen LogP contribution in [0, 0.1) is 5.92 Å². The maximum absolute atomic E-state index is 12.6. The lowest BCUT2D eigenvalue weighted by Gasteiger charge is -2.37. The molecule has 2 aliphatic rings. The van der Waals surface area contributed by atoms with Crippen LogP contribution in [0.15, 0.2) is 18.3 Å². The molecule has 2 bridgehead atoms. The molecular weight excluding hydrogens is 286 g/mol. The molecule has 1 aromatic heterocycles. The fourth-order valence-corrected chi connectivity index (χ4v) is 5.63. The summed E-state index contributed by atoms with van der Waals surface area (Å²) in [4.78, 5) is 16.8. The average Bonchev–Trinajstić information content (AvgIpc) is 2.47. The van der Waals surface area contributed by atoms with E-state index in [1.807, 2.05) is 6.92 Å². The number of pyridine rings is 1. The third-order valence-corrected chi connectivity index (χ3v) is 6.66. The summed E-state index contributed by atoms with van der Waals surface area (Å²) in [6.07, 6.45) is 6.33. The van der Waals surface area contributed by atoms with Crippen molar-refractivity contribution in [3.8, 4) is 5.88 Å². The summed E-state index contributed by atoms with van der Waals surface area (Å²) < 4.78 is 17.5. The molecule has 0 N–H and O–H groups in total. The van der Waals surface area contributed by atoms with E-state index in [0.717, 1.165) is 32.1 Å². The number of ether oxygens (including phenoxy) is 1. The van der Waals surface area contributed by atoms with Gasteiger partial charge in [0.25, 0.3) is 0 Å². The number of carbonyl (C=O) groups is 1. The first-order valence-electron chi connectivity index (χ1n) is 7.71. The summed E-state index contributed by atoms with van der Waals surface area (Å²) in [6, 6.07) is 3.54. The second kappa shape index (κ2) is 6.26. The third-order valence-electron chi connectivity index (χ3n) is 4.49. The first-order valence-corrected chi connectivity index (χ1v) is 8.99. The van der Waals surface area contributed by atoms with Gasteiger partial charge in [-0.2, -0.15) is 0 Å². The smallest absolute Gasteiger partial charge is 0.213 e. The number of hydrogen-bond acceptors (Lipinski definition) is 4. The topological polar surface area (TPSA) is 56.3 Å². The number of ketones is 1. The highest BCUT2D eigenvalue weighted by atomic mass is 32.2. The molecule has 3 rings (SSSR count). The first-order chi connectivity index (χ1) is 10.2. The Morgan fingerprint density at radius 2 is 2.05 bits per heavy atom. The zero-order chi connectivity index (χ0) is 14.8. The van der Waals surface area contributed by atoms with Crippen molar-refractivity contribution in [1.82, 2.24) is 4.98 Å². The Labute approximate surface area is 127 Å². The van der Waals surface area contributed by atoms with E-state index in [2.05, 4.69) is 4.98 Å². The molecule has 114 valence electrons. The van der Waals surface area contributed by atoms with Crippen LogP contribution in [0.2, 0.25) is 0 Å². The van der Waals surface area contributed by atoms with Crippen LogP contribution in [0.4, 0.5) is 0 Å². The number of aromatic nitrogens is 1. The van der Waals surface area contributed by atoms with E-state index >= 15 is 0 Å². The van der Waals surface area contributed by atoms with Crippen LogP contribution in [0.5, 0.6) is 5.88 Å². The SMILES string of the molecule is CCOc1ccc(C(=O)C2CC3CCCC(C2)S3=O)cn1. The summed E-state index contributed by atoms with van der Waals surface area (Å²) in [6.45, 7) is 2.47. The molecule has 3 heterocycles. The van der Waals surface area contributed by atoms with Gasteiger partial charge in [0, 0.05) is 45.0 Å². The van der Waals surface area contributed by atoms with Gasteiger partial charge in [-0.15, -0.1) is 0 Å². The number of fused-ring (bicyclic) bond motifs is 2. The van der Waals surface area contributed by atoms with E-state index in [0.29, 0.717) is 18.1 Å². The van der Waals surface area contributed by atoms with Gasteiger partial charge in [-0.25, -0.2) is 4.98 Å². The summed E-state index contributed by atoms with van der Waals surface area (Å²) in [5.41, 5.74) is 0.647. The van der Waals surface area contributed by atoms with Crippen molar-refractivity contribution >= 4 is 16.6 Å². The number of Topliss-reactive ketones (excluding diaryl/α,β-unsaturated/α-hetero) is 1. The molecular formula is C16H21NO3S. The van der Waals surface area contributed by atoms with Gasteiger partial charge in [-0.1, -0.05) is 6.42 Å². The minimum atomic E-state index is -0.724. The highest BCUT2D eigenvalue weighted by Crippen LogP contribution is 2.38. The van der Waals surface area contributed by atoms with Crippen molar-refractivity contribution in [3.63, 3.8) is 0 Å². The van der Waals surface area contributed by atoms with Gasteiger partial charge in [0.05, 0.1) is 6.61 Å². The second-order valence-corrected chi connectivity index (χ2v) is 7.84. The molecule has 2 aliphatic heterocycles. The van der Waals surface area contributed by atoms with Gasteiger partial charge in [0.2, 0.25) is 5.88 Å². The van der Waals surface area contributed by atoms with Gasteiger partial charge in [-0.3, -0.25) is 9.00 Å². The quantitative estimate of drug-likeness (QED) is 0.803. The zero-order valence-electron chi connectivity index (χ0n) is 12.3. The normalized spacial score (nSPS) is 31.7. The molecule has 0 aromatic carbocycles. The zero-order valence-corrected chi connectivity index (χ0v) is 13.1. The molecule has 0 aliphatic carbocycles. The van der Waals surface area contributed by atoms with Crippen molar-refractivity contribution in [1.29, 1.82) is 0 Å². The highest BCUT2D eigenvalue weighted by molar-refractivity contribution is 7.86. The maximum atomic E-state index is 12.6. The maximum Gasteiger partial charge on any atom is 0.213 e. The fourth-order valence-electron chi connectivity index (χ4n) is 3.44. The molecule has 5 heteroatoms. The van der Waals surface area contributed by atoms with E-state index in [-0.39, 0.29) is 22.2 Å². The number of hydrogen-bond donors (Lipinski definition) is 0. The van der Waals surface area contributed by atoms with E-state index in [1.54, 1.807) is 18.3 Å². The van der Waals surface area contributed by atoms with Crippen molar-refractivity contribution < 1.29 is 13.7 Å². The number of nitrogens with zero attached hydrogens (tertiary/aromatic N) is 1. The van der Waals surface area contributed by atoms with Gasteiger partial charge in [0.1, 0.15) is 0 Å². The molecule has 2 unspecified atom stereocenters. The molecule has 4 nitrogen and oxygen atoms in total. The Morgan fingerprint density at radius 3 is 2.62 bits per heavy atom. The summed E-state index contributed by atoms with van der Waals surface area (Å²) in [7, 11) is -0.724. The summed E-state index contributed by atoms with van der Waals surface area (Å²) in [5, 5.41) is 0.448. The van der Waals surface area contributed by atoms with E-state index in [4.69, 9.17) is 4.74 Å². The Morgan fingerprint density at radius 1 is 1.33 bits per heavy atom. The van der Waals surface area contributed by atoms with Crippen LogP contribution >= 0.6 is 0 Å². The lowest BCUT2D eigenvalue weighted by molar-refractivity contribution is 0.0895. The minimum Gasteiger partial charge on any atom is -0.478 e. The first kappa shape index (κ1) is 14.7. The van der Waals surface area contributed by atoms with Crippen LogP contribution in [0.3, 0.4) is 0 Å². The lowest BCUT2D eigenvalue weighted by atomic mass is 9.85. The largest absolute Gasteiger partial charge is 0.478 e. The molecule has 0 saturated carbocycles. The average molecular weight is 307 g/mol. The summed E-state index contributed by atoms with van der Waals surface area (Å²) in [5.74, 6) is 0.715. The number of rotatable bonds is 4. The monoisotopic (exact) mass is 307 g/mol. The Hall–Kier alpha value is -1.23. The van der Waals surface area contributed by atoms with Crippen LogP contribution in [-0.2, 0) is 10.8 Å². The van der Waals surface area contributed by atoms with Crippen molar-refractivity contribution in [2.75, 3.05) is 6.61 Å². The lowest BCUT2D eigenvalue weighted by Crippen LogP contribution is -2.41.